The number of rotatable bonds is 3. The van der Waals surface area contributed by atoms with E-state index in [4.69, 9.17) is 5.73 Å². The molecule has 1 amide bonds. The smallest absolute Gasteiger partial charge is 0.246 e. The highest BCUT2D eigenvalue weighted by molar-refractivity contribution is 14.1. The molecule has 0 aliphatic heterocycles. The molecule has 0 saturated carbocycles. The van der Waals surface area contributed by atoms with Crippen LogP contribution in [-0.2, 0) is 11.3 Å². The lowest BCUT2D eigenvalue weighted by molar-refractivity contribution is -0.116. The molecule has 2 rings (SSSR count). The minimum Gasteiger partial charge on any atom is -0.397 e. The predicted octanol–water partition coefficient (Wildman–Crippen LogP) is 1.71. The molecule has 3 N–H and O–H groups in total. The number of carbonyl (C=O) groups excluding carboxylic acids is 1. The van der Waals surface area contributed by atoms with E-state index in [2.05, 4.69) is 33.0 Å². The second-order valence-electron chi connectivity index (χ2n) is 3.49. The van der Waals surface area contributed by atoms with Gasteiger partial charge in [-0.2, -0.15) is 5.10 Å². The lowest BCUT2D eigenvalue weighted by Gasteiger charge is -2.07. The molecule has 5 nitrogen and oxygen atoms in total. The zero-order chi connectivity index (χ0) is 12.3. The first-order valence-electron chi connectivity index (χ1n) is 4.97. The molecule has 1 heterocycles. The van der Waals surface area contributed by atoms with E-state index in [0.717, 1.165) is 3.57 Å². The first-order chi connectivity index (χ1) is 8.15. The number of halogens is 1. The Kier molecular flexibility index (Phi) is 3.62. The Morgan fingerprint density at radius 2 is 2.24 bits per heavy atom. The summed E-state index contributed by atoms with van der Waals surface area (Å²) in [6.07, 6.45) is 3.50. The van der Waals surface area contributed by atoms with Crippen LogP contribution >= 0.6 is 22.6 Å². The number of nitrogens with zero attached hydrogens (tertiary/aromatic N) is 2. The SMILES string of the molecule is Nc1ccccc1NC(=O)Cn1cc(I)cn1. The van der Waals surface area contributed by atoms with Crippen LogP contribution in [0.5, 0.6) is 0 Å². The van der Waals surface area contributed by atoms with Gasteiger partial charge in [0.15, 0.2) is 0 Å². The molecule has 0 unspecified atom stereocenters. The van der Waals surface area contributed by atoms with Gasteiger partial charge in [0, 0.05) is 6.20 Å². The van der Waals surface area contributed by atoms with E-state index in [9.17, 15) is 4.79 Å². The zero-order valence-corrected chi connectivity index (χ0v) is 11.1. The summed E-state index contributed by atoms with van der Waals surface area (Å²) >= 11 is 2.14. The standard InChI is InChI=1S/C11H11IN4O/c12-8-5-14-16(6-8)7-11(17)15-10-4-2-1-3-9(10)13/h1-6H,7,13H2,(H,15,17). The first-order valence-corrected chi connectivity index (χ1v) is 6.05. The molecule has 2 aromatic rings. The third-order valence-electron chi connectivity index (χ3n) is 2.14. The van der Waals surface area contributed by atoms with E-state index in [0.29, 0.717) is 11.4 Å². The zero-order valence-electron chi connectivity index (χ0n) is 8.93. The molecule has 0 atom stereocenters. The quantitative estimate of drug-likeness (QED) is 0.659. The van der Waals surface area contributed by atoms with Crippen molar-refractivity contribution in [3.05, 3.63) is 40.2 Å². The van der Waals surface area contributed by atoms with Gasteiger partial charge in [-0.1, -0.05) is 12.1 Å². The Bertz CT molecular complexity index is 538. The van der Waals surface area contributed by atoms with Gasteiger partial charge in [0.25, 0.3) is 0 Å². The molecule has 0 aliphatic rings. The molecule has 0 bridgehead atoms. The fourth-order valence-corrected chi connectivity index (χ4v) is 1.82. The lowest BCUT2D eigenvalue weighted by Crippen LogP contribution is -2.19. The number of nitrogens with one attached hydrogen (secondary N) is 1. The summed E-state index contributed by atoms with van der Waals surface area (Å²) in [6.45, 7) is 0.178. The fraction of sp³-hybridized carbons (Fsp3) is 0.0909. The molecule has 0 radical (unpaired) electrons. The number of nitrogens with two attached hydrogens (primary N) is 1. The number of anilines is 2. The molecule has 1 aromatic carbocycles. The second kappa shape index (κ2) is 5.17. The minimum absolute atomic E-state index is 0.151. The number of nitrogen functional groups attached to an aromatic ring is 1. The number of para-hydroxylation sites is 2. The number of amides is 1. The van der Waals surface area contributed by atoms with Crippen molar-refractivity contribution in [2.75, 3.05) is 11.1 Å². The first kappa shape index (κ1) is 11.9. The summed E-state index contributed by atoms with van der Waals surface area (Å²) in [4.78, 5) is 11.7. The summed E-state index contributed by atoms with van der Waals surface area (Å²) in [5.74, 6) is -0.151. The van der Waals surface area contributed by atoms with Gasteiger partial charge >= 0.3 is 0 Å². The van der Waals surface area contributed by atoms with Crippen LogP contribution in [0.1, 0.15) is 0 Å². The van der Waals surface area contributed by atoms with Crippen molar-refractivity contribution >= 4 is 39.9 Å². The Hall–Kier alpha value is -1.57. The van der Waals surface area contributed by atoms with E-state index in [1.165, 1.54) is 0 Å². The van der Waals surface area contributed by atoms with E-state index in [1.807, 2.05) is 12.1 Å². The van der Waals surface area contributed by atoms with Gasteiger partial charge < -0.3 is 11.1 Å². The van der Waals surface area contributed by atoms with Crippen molar-refractivity contribution in [2.45, 2.75) is 6.54 Å². The Morgan fingerprint density at radius 1 is 1.47 bits per heavy atom. The molecule has 1 aromatic heterocycles. The van der Waals surface area contributed by atoms with Crippen LogP contribution in [0.3, 0.4) is 0 Å². The van der Waals surface area contributed by atoms with Gasteiger partial charge in [0.2, 0.25) is 5.91 Å². The summed E-state index contributed by atoms with van der Waals surface area (Å²) in [5.41, 5.74) is 6.90. The maximum atomic E-state index is 11.7. The van der Waals surface area contributed by atoms with Crippen LogP contribution in [0.4, 0.5) is 11.4 Å². The van der Waals surface area contributed by atoms with Crippen LogP contribution < -0.4 is 11.1 Å². The van der Waals surface area contributed by atoms with Crippen molar-refractivity contribution in [3.8, 4) is 0 Å². The van der Waals surface area contributed by atoms with E-state index >= 15 is 0 Å². The van der Waals surface area contributed by atoms with Crippen molar-refractivity contribution in [3.63, 3.8) is 0 Å². The summed E-state index contributed by atoms with van der Waals surface area (Å²) < 4.78 is 2.57. The van der Waals surface area contributed by atoms with Gasteiger partial charge in [0.1, 0.15) is 6.54 Å². The molecule has 0 saturated heterocycles. The highest BCUT2D eigenvalue weighted by Crippen LogP contribution is 2.16. The molecular formula is C11H11IN4O. The fourth-order valence-electron chi connectivity index (χ4n) is 1.37. The second-order valence-corrected chi connectivity index (χ2v) is 4.74. The molecule has 0 fully saturated rings. The molecular weight excluding hydrogens is 331 g/mol. The number of aromatic nitrogens is 2. The number of benzene rings is 1. The highest BCUT2D eigenvalue weighted by atomic mass is 127. The van der Waals surface area contributed by atoms with E-state index in [1.54, 1.807) is 29.2 Å². The maximum absolute atomic E-state index is 11.7. The molecule has 6 heteroatoms. The van der Waals surface area contributed by atoms with Crippen molar-refractivity contribution in [1.29, 1.82) is 0 Å². The average molecular weight is 342 g/mol. The molecule has 17 heavy (non-hydrogen) atoms. The van der Waals surface area contributed by atoms with Crippen LogP contribution in [-0.4, -0.2) is 15.7 Å². The Morgan fingerprint density at radius 3 is 2.88 bits per heavy atom. The monoisotopic (exact) mass is 342 g/mol. The molecule has 0 aliphatic carbocycles. The topological polar surface area (TPSA) is 72.9 Å². The number of hydrogen-bond donors (Lipinski definition) is 2. The Labute approximate surface area is 112 Å². The van der Waals surface area contributed by atoms with Crippen LogP contribution in [0.25, 0.3) is 0 Å². The largest absolute Gasteiger partial charge is 0.397 e. The van der Waals surface area contributed by atoms with Crippen LogP contribution in [0, 0.1) is 3.57 Å². The Balaban J connectivity index is 2.01. The van der Waals surface area contributed by atoms with E-state index in [-0.39, 0.29) is 12.5 Å². The summed E-state index contributed by atoms with van der Waals surface area (Å²) in [5, 5.41) is 6.78. The van der Waals surface area contributed by atoms with Crippen molar-refractivity contribution in [1.82, 2.24) is 9.78 Å². The number of carbonyl (C=O) groups is 1. The highest BCUT2D eigenvalue weighted by Gasteiger charge is 2.06. The predicted molar refractivity (Wildman–Crippen MR) is 74.4 cm³/mol. The van der Waals surface area contributed by atoms with Crippen LogP contribution in [0.15, 0.2) is 36.7 Å². The minimum atomic E-state index is -0.151. The van der Waals surface area contributed by atoms with Gasteiger partial charge in [0.05, 0.1) is 21.1 Å². The lowest BCUT2D eigenvalue weighted by atomic mass is 10.2. The summed E-state index contributed by atoms with van der Waals surface area (Å²) in [7, 11) is 0. The maximum Gasteiger partial charge on any atom is 0.246 e. The normalized spacial score (nSPS) is 10.2. The van der Waals surface area contributed by atoms with Crippen LogP contribution in [0.2, 0.25) is 0 Å². The van der Waals surface area contributed by atoms with E-state index < -0.39 is 0 Å². The third-order valence-corrected chi connectivity index (χ3v) is 2.70. The van der Waals surface area contributed by atoms with Crippen molar-refractivity contribution < 1.29 is 4.79 Å². The third kappa shape index (κ3) is 3.19. The van der Waals surface area contributed by atoms with Crippen molar-refractivity contribution in [2.24, 2.45) is 0 Å². The van der Waals surface area contributed by atoms with Gasteiger partial charge in [-0.25, -0.2) is 0 Å². The van der Waals surface area contributed by atoms with Gasteiger partial charge in [-0.3, -0.25) is 9.48 Å². The summed E-state index contributed by atoms with van der Waals surface area (Å²) in [6, 6.07) is 7.15. The van der Waals surface area contributed by atoms with Gasteiger partial charge in [-0.05, 0) is 34.7 Å². The average Bonchev–Trinajstić information content (AvgIpc) is 2.67. The number of hydrogen-bond acceptors (Lipinski definition) is 3. The molecule has 0 spiro atoms. The molecule has 88 valence electrons. The van der Waals surface area contributed by atoms with Gasteiger partial charge in [-0.15, -0.1) is 0 Å².